The molecule has 0 radical (unpaired) electrons. The van der Waals surface area contributed by atoms with Crippen LogP contribution in [0.25, 0.3) is 0 Å². The minimum absolute atomic E-state index is 0.566. The molecule has 1 aromatic heterocycles. The van der Waals surface area contributed by atoms with Gasteiger partial charge in [-0.2, -0.15) is 0 Å². The first-order valence-electron chi connectivity index (χ1n) is 8.73. The van der Waals surface area contributed by atoms with E-state index >= 15 is 0 Å². The van der Waals surface area contributed by atoms with Crippen LogP contribution in [0.5, 0.6) is 11.5 Å². The van der Waals surface area contributed by atoms with Crippen molar-refractivity contribution in [2.24, 2.45) is 4.99 Å². The molecule has 0 aliphatic rings. The number of nitrogens with zero attached hydrogens (tertiary/aromatic N) is 2. The summed E-state index contributed by atoms with van der Waals surface area (Å²) in [5.74, 6) is 2.47. The Morgan fingerprint density at radius 1 is 1.15 bits per heavy atom. The highest BCUT2D eigenvalue weighted by atomic mass is 16.5. The molecule has 6 nitrogen and oxygen atoms in total. The molecule has 2 aromatic rings. The van der Waals surface area contributed by atoms with Gasteiger partial charge >= 0.3 is 0 Å². The van der Waals surface area contributed by atoms with E-state index in [1.54, 1.807) is 14.2 Å². The largest absolute Gasteiger partial charge is 0.497 e. The maximum Gasteiger partial charge on any atom is 0.191 e. The van der Waals surface area contributed by atoms with Gasteiger partial charge in [-0.1, -0.05) is 12.1 Å². The van der Waals surface area contributed by atoms with Gasteiger partial charge in [0.15, 0.2) is 5.96 Å². The number of aliphatic imine (C=N–C) groups is 1. The van der Waals surface area contributed by atoms with Gasteiger partial charge in [0.1, 0.15) is 11.5 Å². The molecule has 1 aromatic carbocycles. The summed E-state index contributed by atoms with van der Waals surface area (Å²) in [7, 11) is 3.35. The summed E-state index contributed by atoms with van der Waals surface area (Å²) in [5, 5.41) is 6.60. The van der Waals surface area contributed by atoms with Crippen LogP contribution in [0.4, 0.5) is 0 Å². The fraction of sp³-hybridized carbons (Fsp3) is 0.400. The van der Waals surface area contributed by atoms with E-state index in [0.717, 1.165) is 46.4 Å². The van der Waals surface area contributed by atoms with Gasteiger partial charge in [-0.05, 0) is 38.5 Å². The molecule has 0 unspecified atom stereocenters. The van der Waals surface area contributed by atoms with E-state index in [0.29, 0.717) is 13.1 Å². The van der Waals surface area contributed by atoms with Gasteiger partial charge in [-0.15, -0.1) is 0 Å². The monoisotopic (exact) mass is 356 g/mol. The van der Waals surface area contributed by atoms with E-state index in [-0.39, 0.29) is 0 Å². The van der Waals surface area contributed by atoms with Crippen molar-refractivity contribution in [1.29, 1.82) is 0 Å². The standard InChI is InChI=1S/C20H28N4O2/c1-6-21-20(23-12-16-8-7-9-17(10-16)25-4)24-13-18-15(3)19(26-5)14(2)11-22-18/h7-11H,6,12-13H2,1-5H3,(H2,21,23,24). The van der Waals surface area contributed by atoms with Crippen LogP contribution in [0.2, 0.25) is 0 Å². The van der Waals surface area contributed by atoms with Crippen molar-refractivity contribution in [3.63, 3.8) is 0 Å². The van der Waals surface area contributed by atoms with Gasteiger partial charge in [0.25, 0.3) is 0 Å². The lowest BCUT2D eigenvalue weighted by Gasteiger charge is -2.15. The lowest BCUT2D eigenvalue weighted by Crippen LogP contribution is -2.37. The van der Waals surface area contributed by atoms with Crippen LogP contribution in [0.3, 0.4) is 0 Å². The van der Waals surface area contributed by atoms with E-state index < -0.39 is 0 Å². The lowest BCUT2D eigenvalue weighted by atomic mass is 10.1. The Kier molecular flexibility index (Phi) is 7.26. The van der Waals surface area contributed by atoms with Crippen molar-refractivity contribution < 1.29 is 9.47 Å². The molecule has 0 aliphatic heterocycles. The molecule has 0 fully saturated rings. The molecule has 0 spiro atoms. The number of methoxy groups -OCH3 is 2. The Balaban J connectivity index is 2.08. The quantitative estimate of drug-likeness (QED) is 0.590. The number of rotatable bonds is 7. The average molecular weight is 356 g/mol. The Morgan fingerprint density at radius 3 is 2.65 bits per heavy atom. The van der Waals surface area contributed by atoms with E-state index in [1.165, 1.54) is 0 Å². The molecule has 0 aliphatic carbocycles. The summed E-state index contributed by atoms with van der Waals surface area (Å²) in [5.41, 5.74) is 4.11. The van der Waals surface area contributed by atoms with E-state index in [9.17, 15) is 0 Å². The van der Waals surface area contributed by atoms with Crippen molar-refractivity contribution in [3.8, 4) is 11.5 Å². The molecule has 140 valence electrons. The first-order valence-corrected chi connectivity index (χ1v) is 8.73. The summed E-state index contributed by atoms with van der Waals surface area (Å²) in [4.78, 5) is 9.16. The molecule has 0 atom stereocenters. The minimum Gasteiger partial charge on any atom is -0.497 e. The maximum atomic E-state index is 5.47. The normalized spacial score (nSPS) is 11.2. The smallest absolute Gasteiger partial charge is 0.191 e. The van der Waals surface area contributed by atoms with Crippen molar-refractivity contribution in [1.82, 2.24) is 15.6 Å². The van der Waals surface area contributed by atoms with Crippen LogP contribution in [0.15, 0.2) is 35.5 Å². The zero-order valence-corrected chi connectivity index (χ0v) is 16.2. The number of hydrogen-bond acceptors (Lipinski definition) is 4. The molecule has 26 heavy (non-hydrogen) atoms. The number of guanidine groups is 1. The Hall–Kier alpha value is -2.76. The molecule has 2 rings (SSSR count). The fourth-order valence-corrected chi connectivity index (χ4v) is 2.70. The maximum absolute atomic E-state index is 5.47. The third-order valence-electron chi connectivity index (χ3n) is 4.07. The zero-order chi connectivity index (χ0) is 18.9. The number of aromatic nitrogens is 1. The number of ether oxygens (including phenoxy) is 2. The van der Waals surface area contributed by atoms with Crippen molar-refractivity contribution in [2.75, 3.05) is 20.8 Å². The lowest BCUT2D eigenvalue weighted by molar-refractivity contribution is 0.406. The summed E-state index contributed by atoms with van der Waals surface area (Å²) in [6.45, 7) is 7.99. The van der Waals surface area contributed by atoms with Gasteiger partial charge in [-0.25, -0.2) is 4.99 Å². The second kappa shape index (κ2) is 9.65. The SMILES string of the molecule is CCNC(=NCc1cccc(OC)c1)NCc1ncc(C)c(OC)c1C. The number of pyridine rings is 1. The van der Waals surface area contributed by atoms with Gasteiger partial charge in [-0.3, -0.25) is 4.98 Å². The van der Waals surface area contributed by atoms with Crippen molar-refractivity contribution in [2.45, 2.75) is 33.9 Å². The average Bonchev–Trinajstić information content (AvgIpc) is 2.65. The number of hydrogen-bond donors (Lipinski definition) is 2. The van der Waals surface area contributed by atoms with Gasteiger partial charge in [0, 0.05) is 23.9 Å². The molecule has 6 heteroatoms. The number of aryl methyl sites for hydroxylation is 1. The second-order valence-corrected chi connectivity index (χ2v) is 5.95. The molecular formula is C20H28N4O2. The van der Waals surface area contributed by atoms with Crippen LogP contribution in [0.1, 0.15) is 29.3 Å². The second-order valence-electron chi connectivity index (χ2n) is 5.95. The third-order valence-corrected chi connectivity index (χ3v) is 4.07. The molecule has 0 amide bonds. The van der Waals surface area contributed by atoms with Crippen LogP contribution < -0.4 is 20.1 Å². The summed E-state index contributed by atoms with van der Waals surface area (Å²) in [6, 6.07) is 7.92. The highest BCUT2D eigenvalue weighted by Crippen LogP contribution is 2.23. The number of nitrogens with one attached hydrogen (secondary N) is 2. The van der Waals surface area contributed by atoms with Crippen LogP contribution in [-0.2, 0) is 13.1 Å². The Labute approximate surface area is 155 Å². The summed E-state index contributed by atoms with van der Waals surface area (Å²) in [6.07, 6.45) is 1.84. The summed E-state index contributed by atoms with van der Waals surface area (Å²) >= 11 is 0. The molecule has 1 heterocycles. The molecule has 0 saturated heterocycles. The first kappa shape index (κ1) is 19.6. The van der Waals surface area contributed by atoms with E-state index in [1.807, 2.05) is 51.2 Å². The molecule has 0 saturated carbocycles. The van der Waals surface area contributed by atoms with E-state index in [2.05, 4.69) is 20.6 Å². The summed E-state index contributed by atoms with van der Waals surface area (Å²) < 4.78 is 10.7. The first-order chi connectivity index (χ1) is 12.6. The van der Waals surface area contributed by atoms with Gasteiger partial charge in [0.2, 0.25) is 0 Å². The van der Waals surface area contributed by atoms with Gasteiger partial charge < -0.3 is 20.1 Å². The Bertz CT molecular complexity index is 759. The fourth-order valence-electron chi connectivity index (χ4n) is 2.70. The molecular weight excluding hydrogens is 328 g/mol. The van der Waals surface area contributed by atoms with Crippen molar-refractivity contribution >= 4 is 5.96 Å². The van der Waals surface area contributed by atoms with Crippen LogP contribution in [0, 0.1) is 13.8 Å². The van der Waals surface area contributed by atoms with E-state index in [4.69, 9.17) is 9.47 Å². The third kappa shape index (κ3) is 5.12. The zero-order valence-electron chi connectivity index (χ0n) is 16.2. The highest BCUT2D eigenvalue weighted by molar-refractivity contribution is 5.79. The molecule has 0 bridgehead atoms. The van der Waals surface area contributed by atoms with Gasteiger partial charge in [0.05, 0.1) is 33.0 Å². The highest BCUT2D eigenvalue weighted by Gasteiger charge is 2.10. The van der Waals surface area contributed by atoms with Crippen LogP contribution in [-0.4, -0.2) is 31.7 Å². The Morgan fingerprint density at radius 2 is 1.96 bits per heavy atom. The van der Waals surface area contributed by atoms with Crippen molar-refractivity contribution in [3.05, 3.63) is 52.8 Å². The number of benzene rings is 1. The topological polar surface area (TPSA) is 67.8 Å². The minimum atomic E-state index is 0.566. The predicted octanol–water partition coefficient (Wildman–Crippen LogP) is 2.97. The van der Waals surface area contributed by atoms with Crippen LogP contribution >= 0.6 is 0 Å². The predicted molar refractivity (Wildman–Crippen MR) is 105 cm³/mol. The molecule has 2 N–H and O–H groups in total.